The highest BCUT2D eigenvalue weighted by molar-refractivity contribution is 5.86. The van der Waals surface area contributed by atoms with Crippen LogP contribution in [0, 0.1) is 29.6 Å². The molecule has 0 spiro atoms. The largest absolute Gasteiger partial charge is 0.480 e. The van der Waals surface area contributed by atoms with Crippen LogP contribution in [0.25, 0.3) is 0 Å². The van der Waals surface area contributed by atoms with Crippen LogP contribution >= 0.6 is 0 Å². The normalized spacial score (nSPS) is 47.9. The molecule has 5 nitrogen and oxygen atoms in total. The molecule has 0 unspecified atom stereocenters. The monoisotopic (exact) mass is 293 g/mol. The summed E-state index contributed by atoms with van der Waals surface area (Å²) in [6.45, 7) is 0.193. The van der Waals surface area contributed by atoms with Gasteiger partial charge in [0.15, 0.2) is 0 Å². The average molecular weight is 293 g/mol. The van der Waals surface area contributed by atoms with Crippen LogP contribution in [0.15, 0.2) is 0 Å². The molecule has 1 amide bonds. The van der Waals surface area contributed by atoms with Gasteiger partial charge in [-0.1, -0.05) is 0 Å². The van der Waals surface area contributed by atoms with Crippen molar-refractivity contribution < 1.29 is 19.8 Å². The molecule has 0 aromatic rings. The number of aliphatic carboxylic acids is 1. The minimum atomic E-state index is -0.983. The standard InChI is InChI=1S/C16H23NO4/c18-12-6-13(16(20)21)17(7-12)15(19)14-10-2-8-1-9(4-10)5-11(14)3-8/h8-14,18H,1-7H2,(H,20,21)/t8?,9?,10?,11?,12-,13-,14?/m1/s1. The van der Waals surface area contributed by atoms with E-state index in [9.17, 15) is 19.8 Å². The van der Waals surface area contributed by atoms with Crippen LogP contribution in [0.3, 0.4) is 0 Å². The van der Waals surface area contributed by atoms with Gasteiger partial charge in [-0.15, -0.1) is 0 Å². The molecule has 5 fully saturated rings. The lowest BCUT2D eigenvalue weighted by Gasteiger charge is -2.54. The zero-order valence-electron chi connectivity index (χ0n) is 12.1. The topological polar surface area (TPSA) is 77.8 Å². The van der Waals surface area contributed by atoms with Crippen LogP contribution in [0.1, 0.15) is 38.5 Å². The maximum Gasteiger partial charge on any atom is 0.326 e. The Bertz CT molecular complexity index is 449. The highest BCUT2D eigenvalue weighted by atomic mass is 16.4. The molecule has 21 heavy (non-hydrogen) atoms. The van der Waals surface area contributed by atoms with E-state index in [1.807, 2.05) is 0 Å². The van der Waals surface area contributed by atoms with Gasteiger partial charge in [0.1, 0.15) is 6.04 Å². The zero-order valence-corrected chi connectivity index (χ0v) is 12.1. The van der Waals surface area contributed by atoms with Gasteiger partial charge in [-0.3, -0.25) is 4.79 Å². The van der Waals surface area contributed by atoms with Crippen molar-refractivity contribution in [2.75, 3.05) is 6.54 Å². The van der Waals surface area contributed by atoms with E-state index in [0.717, 1.165) is 37.5 Å². The van der Waals surface area contributed by atoms with Gasteiger partial charge in [-0.05, 0) is 55.8 Å². The molecule has 0 radical (unpaired) electrons. The summed E-state index contributed by atoms with van der Waals surface area (Å²) in [5.74, 6) is 1.57. The fraction of sp³-hybridized carbons (Fsp3) is 0.875. The van der Waals surface area contributed by atoms with E-state index >= 15 is 0 Å². The lowest BCUT2D eigenvalue weighted by Crippen LogP contribution is -2.53. The van der Waals surface area contributed by atoms with Crippen LogP contribution in [-0.4, -0.2) is 45.7 Å². The number of aliphatic hydroxyl groups excluding tert-OH is 1. The minimum absolute atomic E-state index is 0.00718. The molecule has 116 valence electrons. The molecule has 0 aromatic heterocycles. The first-order valence-electron chi connectivity index (χ1n) is 8.24. The van der Waals surface area contributed by atoms with Gasteiger partial charge in [0.05, 0.1) is 6.10 Å². The highest BCUT2D eigenvalue weighted by Crippen LogP contribution is 2.57. The van der Waals surface area contributed by atoms with Gasteiger partial charge in [0.25, 0.3) is 0 Å². The molecular formula is C16H23NO4. The smallest absolute Gasteiger partial charge is 0.326 e. The molecule has 4 bridgehead atoms. The predicted octanol–water partition coefficient (Wildman–Crippen LogP) is 1.11. The Hall–Kier alpha value is -1.10. The third kappa shape index (κ3) is 2.08. The fourth-order valence-corrected chi connectivity index (χ4v) is 5.81. The summed E-state index contributed by atoms with van der Waals surface area (Å²) in [7, 11) is 0. The van der Waals surface area contributed by atoms with Gasteiger partial charge in [-0.25, -0.2) is 4.79 Å². The number of aliphatic hydroxyl groups is 1. The van der Waals surface area contributed by atoms with Crippen molar-refractivity contribution in [1.82, 2.24) is 4.90 Å². The van der Waals surface area contributed by atoms with Crippen LogP contribution < -0.4 is 0 Å². The van der Waals surface area contributed by atoms with Gasteiger partial charge in [-0.2, -0.15) is 0 Å². The van der Waals surface area contributed by atoms with Crippen molar-refractivity contribution in [2.45, 2.75) is 50.7 Å². The molecule has 5 aliphatic rings. The van der Waals surface area contributed by atoms with Crippen molar-refractivity contribution in [2.24, 2.45) is 29.6 Å². The number of likely N-dealkylation sites (tertiary alicyclic amines) is 1. The van der Waals surface area contributed by atoms with E-state index in [0.29, 0.717) is 11.8 Å². The summed E-state index contributed by atoms with van der Waals surface area (Å²) in [6.07, 6.45) is 5.43. The summed E-state index contributed by atoms with van der Waals surface area (Å²) in [6, 6.07) is -0.829. The molecular weight excluding hydrogens is 270 g/mol. The third-order valence-corrected chi connectivity index (χ3v) is 6.36. The van der Waals surface area contributed by atoms with E-state index in [1.54, 1.807) is 0 Å². The molecule has 2 atom stereocenters. The Kier molecular flexibility index (Phi) is 3.03. The van der Waals surface area contributed by atoms with Crippen LogP contribution in [-0.2, 0) is 9.59 Å². The van der Waals surface area contributed by atoms with Crippen molar-refractivity contribution in [3.8, 4) is 0 Å². The molecule has 1 heterocycles. The number of nitrogens with zero attached hydrogens (tertiary/aromatic N) is 1. The summed E-state index contributed by atoms with van der Waals surface area (Å²) >= 11 is 0. The number of rotatable bonds is 2. The summed E-state index contributed by atoms with van der Waals surface area (Å²) in [4.78, 5) is 25.8. The number of carbonyl (C=O) groups excluding carboxylic acids is 1. The predicted molar refractivity (Wildman–Crippen MR) is 74.3 cm³/mol. The second-order valence-corrected chi connectivity index (χ2v) is 7.69. The summed E-state index contributed by atoms with van der Waals surface area (Å²) in [5.41, 5.74) is 0. The number of carboxylic acids is 1. The van der Waals surface area contributed by atoms with E-state index < -0.39 is 18.1 Å². The Morgan fingerprint density at radius 2 is 1.48 bits per heavy atom. The fourth-order valence-electron chi connectivity index (χ4n) is 5.81. The van der Waals surface area contributed by atoms with Crippen molar-refractivity contribution >= 4 is 11.9 Å². The Balaban J connectivity index is 1.56. The lowest BCUT2D eigenvalue weighted by atomic mass is 9.51. The van der Waals surface area contributed by atoms with Crippen LogP contribution in [0.2, 0.25) is 0 Å². The van der Waals surface area contributed by atoms with E-state index in [-0.39, 0.29) is 24.8 Å². The maximum absolute atomic E-state index is 12.9. The van der Waals surface area contributed by atoms with Crippen molar-refractivity contribution in [3.63, 3.8) is 0 Å². The number of amides is 1. The number of carboxylic acid groups (broad SMARTS) is 1. The first kappa shape index (κ1) is 13.6. The van der Waals surface area contributed by atoms with Crippen molar-refractivity contribution in [3.05, 3.63) is 0 Å². The Morgan fingerprint density at radius 1 is 0.905 bits per heavy atom. The molecule has 2 N–H and O–H groups in total. The Labute approximate surface area is 124 Å². The number of carbonyl (C=O) groups is 2. The summed E-state index contributed by atoms with van der Waals surface area (Å²) in [5, 5.41) is 19.1. The number of hydrogen-bond acceptors (Lipinski definition) is 3. The first-order valence-corrected chi connectivity index (χ1v) is 8.24. The molecule has 1 saturated heterocycles. The number of hydrogen-bond donors (Lipinski definition) is 2. The number of β-amino-alcohol motifs (C(OH)–C–C–N with tert-alkyl or cyclic N) is 1. The SMILES string of the molecule is O=C(O)[C@H]1C[C@@H](O)CN1C(=O)C1C2CC3CC(C2)CC1C3. The molecule has 4 aliphatic carbocycles. The van der Waals surface area contributed by atoms with E-state index in [1.165, 1.54) is 11.3 Å². The lowest BCUT2D eigenvalue weighted by molar-refractivity contribution is -0.157. The molecule has 4 saturated carbocycles. The minimum Gasteiger partial charge on any atom is -0.480 e. The van der Waals surface area contributed by atoms with Gasteiger partial charge in [0, 0.05) is 18.9 Å². The first-order chi connectivity index (χ1) is 10.0. The maximum atomic E-state index is 12.9. The molecule has 5 rings (SSSR count). The second kappa shape index (κ2) is 4.70. The average Bonchev–Trinajstić information content (AvgIpc) is 2.79. The zero-order chi connectivity index (χ0) is 14.7. The second-order valence-electron chi connectivity index (χ2n) is 7.69. The highest BCUT2D eigenvalue weighted by Gasteiger charge is 2.53. The molecule has 0 aromatic carbocycles. The van der Waals surface area contributed by atoms with E-state index in [2.05, 4.69) is 0 Å². The van der Waals surface area contributed by atoms with Crippen LogP contribution in [0.4, 0.5) is 0 Å². The quantitative estimate of drug-likeness (QED) is 0.799. The third-order valence-electron chi connectivity index (χ3n) is 6.36. The van der Waals surface area contributed by atoms with Crippen LogP contribution in [0.5, 0.6) is 0 Å². The van der Waals surface area contributed by atoms with Gasteiger partial charge < -0.3 is 15.1 Å². The summed E-state index contributed by atoms with van der Waals surface area (Å²) < 4.78 is 0. The molecule has 1 aliphatic heterocycles. The van der Waals surface area contributed by atoms with Crippen molar-refractivity contribution in [1.29, 1.82) is 0 Å². The van der Waals surface area contributed by atoms with E-state index in [4.69, 9.17) is 0 Å². The molecule has 5 heteroatoms. The van der Waals surface area contributed by atoms with Gasteiger partial charge >= 0.3 is 5.97 Å². The Morgan fingerprint density at radius 3 is 2.00 bits per heavy atom. The van der Waals surface area contributed by atoms with Gasteiger partial charge in [0.2, 0.25) is 5.91 Å².